The van der Waals surface area contributed by atoms with Crippen LogP contribution >= 0.6 is 0 Å². The Hall–Kier alpha value is -1.85. The molecule has 26 heavy (non-hydrogen) atoms. The van der Waals surface area contributed by atoms with Gasteiger partial charge in [0.15, 0.2) is 0 Å². The second kappa shape index (κ2) is 8.23. The normalized spacial score (nSPS) is 20.3. The third-order valence-corrected chi connectivity index (χ3v) is 4.03. The Kier molecular flexibility index (Phi) is 6.48. The molecule has 5 heteroatoms. The van der Waals surface area contributed by atoms with Crippen LogP contribution in [-0.4, -0.2) is 41.6 Å². The summed E-state index contributed by atoms with van der Waals surface area (Å²) in [7, 11) is 0. The first-order valence-corrected chi connectivity index (χ1v) is 9.04. The molecular formula is C21H31NO4. The highest BCUT2D eigenvalue weighted by Crippen LogP contribution is 2.30. The first-order chi connectivity index (χ1) is 12.1. The van der Waals surface area contributed by atoms with Gasteiger partial charge >= 0.3 is 6.09 Å². The van der Waals surface area contributed by atoms with E-state index in [1.807, 2.05) is 78.0 Å². The number of hydrogen-bond donors (Lipinski definition) is 0. The van der Waals surface area contributed by atoms with E-state index in [1.165, 1.54) is 0 Å². The highest BCUT2D eigenvalue weighted by molar-refractivity contribution is 5.70. The molecule has 0 spiro atoms. The summed E-state index contributed by atoms with van der Waals surface area (Å²) in [6.07, 6.45) is 1.67. The lowest BCUT2D eigenvalue weighted by Gasteiger charge is -2.34. The SMILES string of the molecule is C/C(=C\[C@@H]1COC(C)(C)N1C(=O)OC(C)(C)C)COCc1ccccc1. The summed E-state index contributed by atoms with van der Waals surface area (Å²) < 4.78 is 17.1. The van der Waals surface area contributed by atoms with Crippen LogP contribution in [0, 0.1) is 0 Å². The van der Waals surface area contributed by atoms with Crippen molar-refractivity contribution in [1.29, 1.82) is 0 Å². The van der Waals surface area contributed by atoms with E-state index in [4.69, 9.17) is 14.2 Å². The summed E-state index contributed by atoms with van der Waals surface area (Å²) in [6.45, 7) is 12.9. The average Bonchev–Trinajstić information content (AvgIpc) is 2.81. The van der Waals surface area contributed by atoms with Crippen LogP contribution in [0.15, 0.2) is 42.0 Å². The molecule has 1 aromatic carbocycles. The Morgan fingerprint density at radius 3 is 2.58 bits per heavy atom. The van der Waals surface area contributed by atoms with Gasteiger partial charge in [-0.15, -0.1) is 0 Å². The van der Waals surface area contributed by atoms with Crippen molar-refractivity contribution in [3.63, 3.8) is 0 Å². The molecule has 0 saturated carbocycles. The van der Waals surface area contributed by atoms with Gasteiger partial charge in [-0.1, -0.05) is 36.4 Å². The largest absolute Gasteiger partial charge is 0.444 e. The van der Waals surface area contributed by atoms with Gasteiger partial charge in [0.05, 0.1) is 25.9 Å². The third kappa shape index (κ3) is 5.85. The van der Waals surface area contributed by atoms with Crippen LogP contribution in [0.4, 0.5) is 4.79 Å². The van der Waals surface area contributed by atoms with Gasteiger partial charge in [-0.2, -0.15) is 0 Å². The van der Waals surface area contributed by atoms with Gasteiger partial charge in [0.25, 0.3) is 0 Å². The molecule has 5 nitrogen and oxygen atoms in total. The Morgan fingerprint density at radius 1 is 1.31 bits per heavy atom. The monoisotopic (exact) mass is 361 g/mol. The molecule has 1 aliphatic heterocycles. The molecule has 0 aromatic heterocycles. The van der Waals surface area contributed by atoms with E-state index >= 15 is 0 Å². The van der Waals surface area contributed by atoms with Crippen molar-refractivity contribution < 1.29 is 19.0 Å². The fraction of sp³-hybridized carbons (Fsp3) is 0.571. The van der Waals surface area contributed by atoms with E-state index in [0.717, 1.165) is 11.1 Å². The van der Waals surface area contributed by atoms with Crippen LogP contribution in [0.5, 0.6) is 0 Å². The van der Waals surface area contributed by atoms with Gasteiger partial charge in [0.2, 0.25) is 0 Å². The van der Waals surface area contributed by atoms with Crippen molar-refractivity contribution in [3.8, 4) is 0 Å². The van der Waals surface area contributed by atoms with Crippen molar-refractivity contribution in [3.05, 3.63) is 47.5 Å². The maximum atomic E-state index is 12.6. The second-order valence-corrected chi connectivity index (χ2v) is 8.17. The predicted molar refractivity (Wildman–Crippen MR) is 102 cm³/mol. The zero-order valence-corrected chi connectivity index (χ0v) is 16.7. The number of benzene rings is 1. The molecule has 1 fully saturated rings. The number of hydrogen-bond acceptors (Lipinski definition) is 4. The predicted octanol–water partition coefficient (Wildman–Crippen LogP) is 4.52. The minimum Gasteiger partial charge on any atom is -0.444 e. The lowest BCUT2D eigenvalue weighted by molar-refractivity contribution is -0.0610. The van der Waals surface area contributed by atoms with Crippen LogP contribution in [0.25, 0.3) is 0 Å². The van der Waals surface area contributed by atoms with Crippen molar-refractivity contribution in [2.45, 2.75) is 65.5 Å². The Bertz CT molecular complexity index is 631. The van der Waals surface area contributed by atoms with E-state index in [9.17, 15) is 4.79 Å². The Morgan fingerprint density at radius 2 is 1.96 bits per heavy atom. The van der Waals surface area contributed by atoms with Crippen LogP contribution in [0.2, 0.25) is 0 Å². The van der Waals surface area contributed by atoms with Gasteiger partial charge in [-0.3, -0.25) is 4.90 Å². The number of carbonyl (C=O) groups excluding carboxylic acids is 1. The molecule has 0 radical (unpaired) electrons. The number of nitrogens with zero attached hydrogens (tertiary/aromatic N) is 1. The number of ether oxygens (including phenoxy) is 3. The van der Waals surface area contributed by atoms with E-state index in [0.29, 0.717) is 19.8 Å². The molecule has 1 heterocycles. The number of rotatable bonds is 5. The summed E-state index contributed by atoms with van der Waals surface area (Å²) >= 11 is 0. The maximum Gasteiger partial charge on any atom is 0.413 e. The quantitative estimate of drug-likeness (QED) is 0.724. The molecule has 0 N–H and O–H groups in total. The minimum atomic E-state index is -0.700. The maximum absolute atomic E-state index is 12.6. The molecule has 144 valence electrons. The molecule has 0 aliphatic carbocycles. The molecule has 1 aliphatic rings. The molecular weight excluding hydrogens is 330 g/mol. The summed E-state index contributed by atoms with van der Waals surface area (Å²) in [4.78, 5) is 14.3. The fourth-order valence-corrected chi connectivity index (χ4v) is 2.90. The highest BCUT2D eigenvalue weighted by Gasteiger charge is 2.44. The summed E-state index contributed by atoms with van der Waals surface area (Å²) in [5.41, 5.74) is 0.953. The van der Waals surface area contributed by atoms with E-state index in [1.54, 1.807) is 4.90 Å². The van der Waals surface area contributed by atoms with Gasteiger partial charge in [-0.25, -0.2) is 4.79 Å². The van der Waals surface area contributed by atoms with Crippen molar-refractivity contribution >= 4 is 6.09 Å². The zero-order chi connectivity index (χ0) is 19.4. The van der Waals surface area contributed by atoms with Crippen LogP contribution in [-0.2, 0) is 20.8 Å². The van der Waals surface area contributed by atoms with E-state index < -0.39 is 11.3 Å². The minimum absolute atomic E-state index is 0.167. The molecule has 1 aromatic rings. The van der Waals surface area contributed by atoms with Crippen molar-refractivity contribution in [2.24, 2.45) is 0 Å². The summed E-state index contributed by atoms with van der Waals surface area (Å²) in [6, 6.07) is 9.89. The molecule has 0 bridgehead atoms. The zero-order valence-electron chi connectivity index (χ0n) is 16.7. The first kappa shape index (κ1) is 20.5. The van der Waals surface area contributed by atoms with Crippen LogP contribution < -0.4 is 0 Å². The fourth-order valence-electron chi connectivity index (χ4n) is 2.90. The summed E-state index contributed by atoms with van der Waals surface area (Å²) in [5.74, 6) is 0. The van der Waals surface area contributed by atoms with E-state index in [2.05, 4.69) is 0 Å². The van der Waals surface area contributed by atoms with Crippen molar-refractivity contribution in [1.82, 2.24) is 4.90 Å². The van der Waals surface area contributed by atoms with Gasteiger partial charge in [0.1, 0.15) is 11.3 Å². The summed E-state index contributed by atoms with van der Waals surface area (Å²) in [5, 5.41) is 0. The smallest absolute Gasteiger partial charge is 0.413 e. The average molecular weight is 361 g/mol. The molecule has 1 saturated heterocycles. The van der Waals surface area contributed by atoms with Gasteiger partial charge < -0.3 is 14.2 Å². The molecule has 1 amide bonds. The topological polar surface area (TPSA) is 48.0 Å². The standard InChI is InChI=1S/C21H31NO4/c1-16(13-24-14-17-10-8-7-9-11-17)12-18-15-25-21(5,6)22(18)19(23)26-20(2,3)4/h7-12,18H,13-15H2,1-6H3/b16-12+/t18-/m1/s1. The number of amides is 1. The first-order valence-electron chi connectivity index (χ1n) is 9.04. The molecule has 0 unspecified atom stereocenters. The van der Waals surface area contributed by atoms with Gasteiger partial charge in [0, 0.05) is 0 Å². The third-order valence-electron chi connectivity index (χ3n) is 4.03. The Balaban J connectivity index is 1.98. The van der Waals surface area contributed by atoms with Crippen LogP contribution in [0.1, 0.15) is 47.1 Å². The highest BCUT2D eigenvalue weighted by atomic mass is 16.6. The lowest BCUT2D eigenvalue weighted by atomic mass is 10.1. The van der Waals surface area contributed by atoms with E-state index in [-0.39, 0.29) is 12.1 Å². The molecule has 1 atom stereocenters. The second-order valence-electron chi connectivity index (χ2n) is 8.17. The van der Waals surface area contributed by atoms with Crippen LogP contribution in [0.3, 0.4) is 0 Å². The van der Waals surface area contributed by atoms with Gasteiger partial charge in [-0.05, 0) is 52.7 Å². The molecule has 2 rings (SSSR count). The Labute approximate surface area is 156 Å². The number of carbonyl (C=O) groups is 1. The lowest BCUT2D eigenvalue weighted by Crippen LogP contribution is -2.49. The van der Waals surface area contributed by atoms with Crippen molar-refractivity contribution in [2.75, 3.05) is 13.2 Å².